The number of ether oxygens (including phenoxy) is 1. The van der Waals surface area contributed by atoms with Crippen LogP contribution in [0.2, 0.25) is 0 Å². The highest BCUT2D eigenvalue weighted by molar-refractivity contribution is 5.92. The topological polar surface area (TPSA) is 84.6 Å². The van der Waals surface area contributed by atoms with Gasteiger partial charge in [0.15, 0.2) is 0 Å². The molecule has 5 heteroatoms. The lowest BCUT2D eigenvalue weighted by Gasteiger charge is -2.25. The molecule has 0 spiro atoms. The molecule has 0 fully saturated rings. The Labute approximate surface area is 184 Å². The molecular weight excluding hydrogens is 388 g/mol. The molecule has 4 N–H and O–H groups in total. The van der Waals surface area contributed by atoms with Gasteiger partial charge in [-0.3, -0.25) is 4.79 Å². The van der Waals surface area contributed by atoms with Crippen molar-refractivity contribution in [2.75, 3.05) is 19.7 Å². The van der Waals surface area contributed by atoms with Crippen molar-refractivity contribution in [1.82, 2.24) is 5.32 Å². The Balaban J connectivity index is 2.20. The van der Waals surface area contributed by atoms with Crippen molar-refractivity contribution in [1.29, 1.82) is 0 Å². The molecule has 2 aromatic rings. The zero-order chi connectivity index (χ0) is 22.2. The predicted molar refractivity (Wildman–Crippen MR) is 126 cm³/mol. The van der Waals surface area contributed by atoms with Crippen LogP contribution >= 0.6 is 0 Å². The second-order valence-electron chi connectivity index (χ2n) is 7.80. The number of allylic oxidation sites excluding steroid dienone is 4. The fourth-order valence-electron chi connectivity index (χ4n) is 3.95. The Kier molecular flexibility index (Phi) is 8.04. The SMILES string of the molecule is CCOC(=O)Cc1cc2ccccc2c(O)c1C(NCCN)C1=CC=C(C)CCC=C1. The third-order valence-electron chi connectivity index (χ3n) is 5.48. The number of benzene rings is 2. The summed E-state index contributed by atoms with van der Waals surface area (Å²) in [5.41, 5.74) is 9.57. The average Bonchev–Trinajstić information content (AvgIpc) is 2.74. The van der Waals surface area contributed by atoms with Gasteiger partial charge in [-0.25, -0.2) is 0 Å². The first kappa shape index (κ1) is 22.8. The van der Waals surface area contributed by atoms with E-state index in [9.17, 15) is 9.90 Å². The first-order valence-electron chi connectivity index (χ1n) is 10.9. The van der Waals surface area contributed by atoms with Gasteiger partial charge in [0.05, 0.1) is 19.1 Å². The van der Waals surface area contributed by atoms with Crippen LogP contribution in [0.1, 0.15) is 43.9 Å². The Hall–Kier alpha value is -2.89. The van der Waals surface area contributed by atoms with E-state index in [0.29, 0.717) is 25.3 Å². The van der Waals surface area contributed by atoms with Gasteiger partial charge in [0.25, 0.3) is 0 Å². The molecule has 0 saturated carbocycles. The Morgan fingerprint density at radius 1 is 1.29 bits per heavy atom. The summed E-state index contributed by atoms with van der Waals surface area (Å²) in [7, 11) is 0. The largest absolute Gasteiger partial charge is 0.507 e. The molecule has 0 heterocycles. The van der Waals surface area contributed by atoms with E-state index in [1.165, 1.54) is 5.57 Å². The monoisotopic (exact) mass is 420 g/mol. The molecule has 5 nitrogen and oxygen atoms in total. The summed E-state index contributed by atoms with van der Waals surface area (Å²) < 4.78 is 5.21. The molecule has 0 radical (unpaired) electrons. The standard InChI is InChI=1S/C26H32N2O3/c1-3-31-23(29)17-21-16-20-10-6-7-11-22(20)26(30)24(21)25(28-15-14-27)19-9-5-4-8-18(2)12-13-19/h5-7,9-13,16,25,28,30H,3-4,8,14-15,17,27H2,1-2H3. The van der Waals surface area contributed by atoms with Gasteiger partial charge in [-0.1, -0.05) is 54.1 Å². The van der Waals surface area contributed by atoms with Gasteiger partial charge in [0, 0.05) is 24.0 Å². The van der Waals surface area contributed by atoms with Gasteiger partial charge < -0.3 is 20.9 Å². The van der Waals surface area contributed by atoms with E-state index in [-0.39, 0.29) is 24.2 Å². The zero-order valence-corrected chi connectivity index (χ0v) is 18.4. The number of carbonyl (C=O) groups is 1. The van der Waals surface area contributed by atoms with Crippen LogP contribution in [0.25, 0.3) is 10.8 Å². The number of carbonyl (C=O) groups excluding carboxylic acids is 1. The number of fused-ring (bicyclic) bond motifs is 1. The van der Waals surface area contributed by atoms with Crippen molar-refractivity contribution in [3.63, 3.8) is 0 Å². The van der Waals surface area contributed by atoms with Gasteiger partial charge in [0.1, 0.15) is 5.75 Å². The van der Waals surface area contributed by atoms with Crippen LogP contribution in [0.4, 0.5) is 0 Å². The van der Waals surface area contributed by atoms with E-state index < -0.39 is 0 Å². The number of phenols is 1. The summed E-state index contributed by atoms with van der Waals surface area (Å²) in [6.07, 6.45) is 10.5. The van der Waals surface area contributed by atoms with Crippen molar-refractivity contribution in [3.05, 3.63) is 76.9 Å². The van der Waals surface area contributed by atoms with Crippen LogP contribution in [0.15, 0.2) is 65.8 Å². The predicted octanol–water partition coefficient (Wildman–Crippen LogP) is 4.46. The molecule has 164 valence electrons. The van der Waals surface area contributed by atoms with Crippen molar-refractivity contribution < 1.29 is 14.6 Å². The van der Waals surface area contributed by atoms with Crippen LogP contribution in [0.5, 0.6) is 5.75 Å². The molecule has 0 aliphatic heterocycles. The molecule has 1 atom stereocenters. The Morgan fingerprint density at radius 3 is 2.87 bits per heavy atom. The second-order valence-corrected chi connectivity index (χ2v) is 7.80. The minimum Gasteiger partial charge on any atom is -0.507 e. The number of esters is 1. The lowest BCUT2D eigenvalue weighted by Crippen LogP contribution is -2.29. The smallest absolute Gasteiger partial charge is 0.310 e. The highest BCUT2D eigenvalue weighted by Crippen LogP contribution is 2.39. The lowest BCUT2D eigenvalue weighted by atomic mass is 9.88. The van der Waals surface area contributed by atoms with E-state index in [1.54, 1.807) is 6.92 Å². The van der Waals surface area contributed by atoms with Crippen LogP contribution in [0.3, 0.4) is 0 Å². The van der Waals surface area contributed by atoms with Crippen LogP contribution in [-0.4, -0.2) is 30.8 Å². The number of hydrogen-bond acceptors (Lipinski definition) is 5. The number of nitrogens with one attached hydrogen (secondary N) is 1. The molecule has 0 aromatic heterocycles. The second kappa shape index (κ2) is 10.9. The normalized spacial score (nSPS) is 15.1. The molecule has 1 unspecified atom stereocenters. The summed E-state index contributed by atoms with van der Waals surface area (Å²) >= 11 is 0. The molecule has 0 bridgehead atoms. The first-order valence-corrected chi connectivity index (χ1v) is 10.9. The zero-order valence-electron chi connectivity index (χ0n) is 18.4. The minimum atomic E-state index is -0.311. The Morgan fingerprint density at radius 2 is 2.10 bits per heavy atom. The van der Waals surface area contributed by atoms with Crippen molar-refractivity contribution >= 4 is 16.7 Å². The average molecular weight is 421 g/mol. The van der Waals surface area contributed by atoms with Gasteiger partial charge in [-0.05, 0) is 49.3 Å². The number of aromatic hydroxyl groups is 1. The molecule has 31 heavy (non-hydrogen) atoms. The van der Waals surface area contributed by atoms with E-state index in [0.717, 1.165) is 34.8 Å². The van der Waals surface area contributed by atoms with Crippen molar-refractivity contribution in [2.45, 2.75) is 39.2 Å². The van der Waals surface area contributed by atoms with E-state index >= 15 is 0 Å². The van der Waals surface area contributed by atoms with Gasteiger partial charge in [-0.15, -0.1) is 0 Å². The number of hydrogen-bond donors (Lipinski definition) is 3. The molecular formula is C26H32N2O3. The molecule has 2 aromatic carbocycles. The van der Waals surface area contributed by atoms with Crippen molar-refractivity contribution in [2.24, 2.45) is 5.73 Å². The highest BCUT2D eigenvalue weighted by Gasteiger charge is 2.25. The minimum absolute atomic E-state index is 0.0915. The molecule has 0 amide bonds. The van der Waals surface area contributed by atoms with E-state index in [2.05, 4.69) is 36.5 Å². The van der Waals surface area contributed by atoms with Crippen LogP contribution in [0, 0.1) is 0 Å². The van der Waals surface area contributed by atoms with E-state index in [1.807, 2.05) is 30.3 Å². The van der Waals surface area contributed by atoms with Gasteiger partial charge in [0.2, 0.25) is 0 Å². The molecule has 3 rings (SSSR count). The number of nitrogens with two attached hydrogens (primary N) is 1. The van der Waals surface area contributed by atoms with Crippen LogP contribution < -0.4 is 11.1 Å². The maximum Gasteiger partial charge on any atom is 0.310 e. The third kappa shape index (κ3) is 5.63. The fourth-order valence-corrected chi connectivity index (χ4v) is 3.95. The van der Waals surface area contributed by atoms with Crippen molar-refractivity contribution in [3.8, 4) is 5.75 Å². The molecule has 0 saturated heterocycles. The first-order chi connectivity index (χ1) is 15.0. The quantitative estimate of drug-likeness (QED) is 0.549. The summed E-state index contributed by atoms with van der Waals surface area (Å²) in [5, 5.41) is 16.5. The molecule has 1 aliphatic carbocycles. The Bertz CT molecular complexity index is 1020. The summed E-state index contributed by atoms with van der Waals surface area (Å²) in [5.74, 6) is -0.127. The molecule has 1 aliphatic rings. The van der Waals surface area contributed by atoms with Gasteiger partial charge in [-0.2, -0.15) is 0 Å². The lowest BCUT2D eigenvalue weighted by molar-refractivity contribution is -0.142. The maximum absolute atomic E-state index is 12.4. The van der Waals surface area contributed by atoms with E-state index in [4.69, 9.17) is 10.5 Å². The fraction of sp³-hybridized carbons (Fsp3) is 0.346. The summed E-state index contributed by atoms with van der Waals surface area (Å²) in [6.45, 7) is 5.27. The summed E-state index contributed by atoms with van der Waals surface area (Å²) in [4.78, 5) is 12.4. The number of phenolic OH excluding ortho intramolecular Hbond substituents is 1. The van der Waals surface area contributed by atoms with Gasteiger partial charge >= 0.3 is 5.97 Å². The van der Waals surface area contributed by atoms with Crippen LogP contribution in [-0.2, 0) is 16.0 Å². The summed E-state index contributed by atoms with van der Waals surface area (Å²) in [6, 6.07) is 9.34. The number of rotatable bonds is 8. The maximum atomic E-state index is 12.4. The highest BCUT2D eigenvalue weighted by atomic mass is 16.5. The third-order valence-corrected chi connectivity index (χ3v) is 5.48.